The molecule has 5 heteroatoms. The molecule has 1 unspecified atom stereocenters. The van der Waals surface area contributed by atoms with E-state index in [9.17, 15) is 9.90 Å². The van der Waals surface area contributed by atoms with Gasteiger partial charge in [0.1, 0.15) is 11.7 Å². The topological polar surface area (TPSA) is 66.3 Å². The SMILES string of the molecule is CCC(C(=O)O)c1nccc(C2CCN(C)CC2)n1. The minimum atomic E-state index is -0.844. The summed E-state index contributed by atoms with van der Waals surface area (Å²) in [4.78, 5) is 22.1. The molecular weight excluding hydrogens is 242 g/mol. The minimum absolute atomic E-state index is 0.434. The van der Waals surface area contributed by atoms with Crippen LogP contribution in [-0.4, -0.2) is 46.1 Å². The van der Waals surface area contributed by atoms with Crippen LogP contribution in [0, 0.1) is 0 Å². The molecule has 1 atom stereocenters. The monoisotopic (exact) mass is 263 g/mol. The highest BCUT2D eigenvalue weighted by Gasteiger charge is 2.24. The number of hydrogen-bond acceptors (Lipinski definition) is 4. The van der Waals surface area contributed by atoms with Crippen LogP contribution in [0.15, 0.2) is 12.3 Å². The number of carboxylic acids is 1. The van der Waals surface area contributed by atoms with Crippen molar-refractivity contribution in [2.45, 2.75) is 38.0 Å². The molecule has 1 aliphatic heterocycles. The second-order valence-corrected chi connectivity index (χ2v) is 5.22. The lowest BCUT2D eigenvalue weighted by Gasteiger charge is -2.28. The fraction of sp³-hybridized carbons (Fsp3) is 0.643. The van der Waals surface area contributed by atoms with Crippen molar-refractivity contribution in [1.29, 1.82) is 0 Å². The number of carbonyl (C=O) groups is 1. The van der Waals surface area contributed by atoms with Crippen molar-refractivity contribution in [2.24, 2.45) is 0 Å². The van der Waals surface area contributed by atoms with Gasteiger partial charge in [0.15, 0.2) is 0 Å². The molecule has 1 saturated heterocycles. The molecule has 0 radical (unpaired) electrons. The van der Waals surface area contributed by atoms with Gasteiger partial charge in [-0.05, 0) is 45.5 Å². The Labute approximate surface area is 113 Å². The predicted octanol–water partition coefficient (Wildman–Crippen LogP) is 1.86. The van der Waals surface area contributed by atoms with Crippen LogP contribution in [-0.2, 0) is 4.79 Å². The number of aromatic nitrogens is 2. The number of hydrogen-bond donors (Lipinski definition) is 1. The highest BCUT2D eigenvalue weighted by atomic mass is 16.4. The van der Waals surface area contributed by atoms with Gasteiger partial charge in [0.25, 0.3) is 0 Å². The zero-order chi connectivity index (χ0) is 13.8. The van der Waals surface area contributed by atoms with Gasteiger partial charge in [-0.15, -0.1) is 0 Å². The van der Waals surface area contributed by atoms with Gasteiger partial charge in [-0.25, -0.2) is 9.97 Å². The van der Waals surface area contributed by atoms with Gasteiger partial charge in [0.2, 0.25) is 0 Å². The van der Waals surface area contributed by atoms with E-state index in [1.165, 1.54) is 0 Å². The fourth-order valence-electron chi connectivity index (χ4n) is 2.56. The number of rotatable bonds is 4. The third kappa shape index (κ3) is 3.29. The molecule has 1 aromatic heterocycles. The van der Waals surface area contributed by atoms with Crippen molar-refractivity contribution in [3.05, 3.63) is 23.8 Å². The Balaban J connectivity index is 2.17. The molecule has 1 N–H and O–H groups in total. The molecule has 0 bridgehead atoms. The Morgan fingerprint density at radius 3 is 2.79 bits per heavy atom. The largest absolute Gasteiger partial charge is 0.481 e. The quantitative estimate of drug-likeness (QED) is 0.898. The van der Waals surface area contributed by atoms with Gasteiger partial charge in [-0.2, -0.15) is 0 Å². The number of nitrogens with zero attached hydrogens (tertiary/aromatic N) is 3. The molecule has 5 nitrogen and oxygen atoms in total. The summed E-state index contributed by atoms with van der Waals surface area (Å²) in [5.74, 6) is -0.551. The summed E-state index contributed by atoms with van der Waals surface area (Å²) in [5, 5.41) is 9.18. The van der Waals surface area contributed by atoms with Crippen molar-refractivity contribution < 1.29 is 9.90 Å². The first-order valence-electron chi connectivity index (χ1n) is 6.86. The molecule has 0 spiro atoms. The van der Waals surface area contributed by atoms with E-state index < -0.39 is 11.9 Å². The van der Waals surface area contributed by atoms with Gasteiger partial charge in [-0.1, -0.05) is 6.92 Å². The van der Waals surface area contributed by atoms with E-state index in [1.807, 2.05) is 13.0 Å². The standard InChI is InChI=1S/C14H21N3O2/c1-3-11(14(18)19)13-15-7-4-12(16-13)10-5-8-17(2)9-6-10/h4,7,10-11H,3,5-6,8-9H2,1-2H3,(H,18,19). The maximum Gasteiger partial charge on any atom is 0.314 e. The van der Waals surface area contributed by atoms with Gasteiger partial charge in [0, 0.05) is 17.8 Å². The van der Waals surface area contributed by atoms with Gasteiger partial charge in [0.05, 0.1) is 0 Å². The minimum Gasteiger partial charge on any atom is -0.481 e. The van der Waals surface area contributed by atoms with Crippen LogP contribution < -0.4 is 0 Å². The molecule has 104 valence electrons. The van der Waals surface area contributed by atoms with Crippen LogP contribution in [0.1, 0.15) is 49.5 Å². The zero-order valence-electron chi connectivity index (χ0n) is 11.5. The molecule has 1 fully saturated rings. The van der Waals surface area contributed by atoms with Crippen LogP contribution in [0.4, 0.5) is 0 Å². The molecule has 2 heterocycles. The molecule has 0 aromatic carbocycles. The van der Waals surface area contributed by atoms with Crippen molar-refractivity contribution in [2.75, 3.05) is 20.1 Å². The Bertz CT molecular complexity index is 442. The van der Waals surface area contributed by atoms with E-state index in [-0.39, 0.29) is 0 Å². The number of likely N-dealkylation sites (tertiary alicyclic amines) is 1. The van der Waals surface area contributed by atoms with Crippen LogP contribution in [0.25, 0.3) is 0 Å². The van der Waals surface area contributed by atoms with E-state index in [0.717, 1.165) is 31.6 Å². The molecule has 1 aromatic rings. The summed E-state index contributed by atoms with van der Waals surface area (Å²) in [6.45, 7) is 3.99. The first-order chi connectivity index (χ1) is 9.11. The van der Waals surface area contributed by atoms with E-state index in [0.29, 0.717) is 18.2 Å². The number of carboxylic acid groups (broad SMARTS) is 1. The second kappa shape index (κ2) is 6.10. The molecule has 2 rings (SSSR count). The summed E-state index contributed by atoms with van der Waals surface area (Å²) in [7, 11) is 2.12. The highest BCUT2D eigenvalue weighted by molar-refractivity contribution is 5.74. The average molecular weight is 263 g/mol. The van der Waals surface area contributed by atoms with Crippen molar-refractivity contribution in [3.63, 3.8) is 0 Å². The van der Waals surface area contributed by atoms with Crippen LogP contribution in [0.3, 0.4) is 0 Å². The Morgan fingerprint density at radius 1 is 1.53 bits per heavy atom. The normalized spacial score (nSPS) is 19.3. The summed E-state index contributed by atoms with van der Waals surface area (Å²) in [6, 6.07) is 1.92. The molecular formula is C14H21N3O2. The summed E-state index contributed by atoms with van der Waals surface area (Å²) >= 11 is 0. The van der Waals surface area contributed by atoms with E-state index in [4.69, 9.17) is 0 Å². The van der Waals surface area contributed by atoms with Crippen LogP contribution in [0.5, 0.6) is 0 Å². The van der Waals surface area contributed by atoms with Crippen LogP contribution in [0.2, 0.25) is 0 Å². The third-order valence-electron chi connectivity index (χ3n) is 3.85. The Morgan fingerprint density at radius 2 is 2.21 bits per heavy atom. The first-order valence-corrected chi connectivity index (χ1v) is 6.86. The maximum absolute atomic E-state index is 11.2. The lowest BCUT2D eigenvalue weighted by atomic mass is 9.93. The van der Waals surface area contributed by atoms with Crippen molar-refractivity contribution in [3.8, 4) is 0 Å². The van der Waals surface area contributed by atoms with Gasteiger partial charge < -0.3 is 10.0 Å². The van der Waals surface area contributed by atoms with Gasteiger partial charge in [-0.3, -0.25) is 4.79 Å². The average Bonchev–Trinajstić information content (AvgIpc) is 2.40. The Kier molecular flexibility index (Phi) is 4.47. The third-order valence-corrected chi connectivity index (χ3v) is 3.85. The summed E-state index contributed by atoms with van der Waals surface area (Å²) in [6.07, 6.45) is 4.38. The van der Waals surface area contributed by atoms with E-state index in [1.54, 1.807) is 6.20 Å². The fourth-order valence-corrected chi connectivity index (χ4v) is 2.56. The molecule has 0 amide bonds. The zero-order valence-corrected chi connectivity index (χ0v) is 11.5. The lowest BCUT2D eigenvalue weighted by molar-refractivity contribution is -0.139. The highest BCUT2D eigenvalue weighted by Crippen LogP contribution is 2.27. The van der Waals surface area contributed by atoms with Crippen LogP contribution >= 0.6 is 0 Å². The van der Waals surface area contributed by atoms with E-state index >= 15 is 0 Å². The molecule has 1 aliphatic rings. The van der Waals surface area contributed by atoms with Crippen molar-refractivity contribution in [1.82, 2.24) is 14.9 Å². The lowest BCUT2D eigenvalue weighted by Crippen LogP contribution is -2.29. The smallest absolute Gasteiger partial charge is 0.314 e. The summed E-state index contributed by atoms with van der Waals surface area (Å²) in [5.41, 5.74) is 0.998. The second-order valence-electron chi connectivity index (χ2n) is 5.22. The number of piperidine rings is 1. The number of aliphatic carboxylic acids is 1. The van der Waals surface area contributed by atoms with Crippen molar-refractivity contribution >= 4 is 5.97 Å². The first kappa shape index (κ1) is 13.9. The summed E-state index contributed by atoms with van der Waals surface area (Å²) < 4.78 is 0. The van der Waals surface area contributed by atoms with E-state index in [2.05, 4.69) is 21.9 Å². The van der Waals surface area contributed by atoms with Gasteiger partial charge >= 0.3 is 5.97 Å². The molecule has 0 saturated carbocycles. The molecule has 19 heavy (non-hydrogen) atoms. The Hall–Kier alpha value is -1.49. The maximum atomic E-state index is 11.2. The predicted molar refractivity (Wildman–Crippen MR) is 72.2 cm³/mol. The molecule has 0 aliphatic carbocycles.